The molecule has 1 aliphatic carbocycles. The highest BCUT2D eigenvalue weighted by Gasteiger charge is 2.32. The number of aromatic nitrogens is 1. The molecule has 1 aliphatic rings. The van der Waals surface area contributed by atoms with Crippen LogP contribution in [0.3, 0.4) is 0 Å². The van der Waals surface area contributed by atoms with E-state index >= 15 is 0 Å². The second-order valence-electron chi connectivity index (χ2n) is 6.43. The average Bonchev–Trinajstić information content (AvgIpc) is 3.29. The predicted molar refractivity (Wildman–Crippen MR) is 119 cm³/mol. The fourth-order valence-corrected chi connectivity index (χ4v) is 6.47. The van der Waals surface area contributed by atoms with Crippen LogP contribution in [-0.4, -0.2) is 24.2 Å². The number of methoxy groups -OCH3 is 1. The molecule has 0 spiro atoms. The Morgan fingerprint density at radius 1 is 1.48 bits per heavy atom. The van der Waals surface area contributed by atoms with Crippen LogP contribution in [0, 0.1) is 0 Å². The molecule has 0 bridgehead atoms. The van der Waals surface area contributed by atoms with Crippen LogP contribution in [0.4, 0.5) is 5.69 Å². The third-order valence-corrected chi connectivity index (χ3v) is 8.26. The number of thiophene rings is 2. The monoisotopic (exact) mass is 483 g/mol. The largest absolute Gasteiger partial charge is 0.379 e. The summed E-state index contributed by atoms with van der Waals surface area (Å²) in [6, 6.07) is 5.97. The van der Waals surface area contributed by atoms with Gasteiger partial charge in [0, 0.05) is 41.4 Å². The molecule has 0 amide bonds. The molecule has 3 aromatic heterocycles. The molecule has 3 N–H and O–H groups in total. The highest BCUT2D eigenvalue weighted by molar-refractivity contribution is 9.10. The molecule has 0 aliphatic heterocycles. The molecular formula is C19H19BrClN3OS2. The van der Waals surface area contributed by atoms with Crippen LogP contribution in [0.1, 0.15) is 22.1 Å². The second kappa shape index (κ2) is 8.19. The number of nitrogens with one attached hydrogen (secondary N) is 1. The minimum Gasteiger partial charge on any atom is -0.379 e. The Labute approximate surface area is 179 Å². The Kier molecular flexibility index (Phi) is 5.87. The predicted octanol–water partition coefficient (Wildman–Crippen LogP) is 5.77. The zero-order chi connectivity index (χ0) is 19.0. The third-order valence-electron chi connectivity index (χ3n) is 4.78. The van der Waals surface area contributed by atoms with Crippen molar-refractivity contribution in [2.45, 2.75) is 31.0 Å². The molecule has 3 heterocycles. The molecule has 0 radical (unpaired) electrons. The van der Waals surface area contributed by atoms with E-state index in [4.69, 9.17) is 22.1 Å². The fraction of sp³-hybridized carbons (Fsp3) is 0.316. The van der Waals surface area contributed by atoms with Crippen LogP contribution < -0.4 is 11.1 Å². The molecule has 0 saturated heterocycles. The molecule has 3 aromatic rings. The lowest BCUT2D eigenvalue weighted by molar-refractivity contribution is 0.105. The van der Waals surface area contributed by atoms with Gasteiger partial charge in [-0.05, 0) is 33.8 Å². The van der Waals surface area contributed by atoms with Crippen LogP contribution >= 0.6 is 50.2 Å². The minimum atomic E-state index is -0.0950. The van der Waals surface area contributed by atoms with E-state index in [2.05, 4.69) is 49.8 Å². The number of fused-ring (bicyclic) bond motifs is 1. The summed E-state index contributed by atoms with van der Waals surface area (Å²) in [5.74, 6) is 0.178. The number of rotatable bonds is 5. The van der Waals surface area contributed by atoms with Crippen molar-refractivity contribution in [2.75, 3.05) is 12.4 Å². The smallest absolute Gasteiger partial charge is 0.131 e. The van der Waals surface area contributed by atoms with Gasteiger partial charge in [-0.15, -0.1) is 22.7 Å². The number of ether oxygens (including phenoxy) is 1. The molecule has 4 rings (SSSR count). The highest BCUT2D eigenvalue weighted by atomic mass is 79.9. The summed E-state index contributed by atoms with van der Waals surface area (Å²) in [7, 11) is 1.70. The highest BCUT2D eigenvalue weighted by Crippen LogP contribution is 2.46. The van der Waals surface area contributed by atoms with Gasteiger partial charge in [0.25, 0.3) is 0 Å². The first kappa shape index (κ1) is 19.4. The number of hydrogen-bond donors (Lipinski definition) is 2. The molecule has 0 saturated carbocycles. The second-order valence-corrected chi connectivity index (χ2v) is 9.70. The molecule has 0 fully saturated rings. The lowest BCUT2D eigenvalue weighted by Gasteiger charge is -2.30. The SMILES string of the molecule is CO[C@@H]1C=CC[C@H](c2sc3c(NCc4cccs4)cc(Cl)nc3c2Br)[C@H]1N. The Hall–Kier alpha value is -0.960. The van der Waals surface area contributed by atoms with E-state index in [-0.39, 0.29) is 18.1 Å². The van der Waals surface area contributed by atoms with Crippen molar-refractivity contribution in [3.05, 3.63) is 55.1 Å². The summed E-state index contributed by atoms with van der Waals surface area (Å²) >= 11 is 13.5. The van der Waals surface area contributed by atoms with Gasteiger partial charge in [-0.2, -0.15) is 0 Å². The van der Waals surface area contributed by atoms with E-state index in [1.54, 1.807) is 29.8 Å². The Morgan fingerprint density at radius 2 is 2.33 bits per heavy atom. The number of nitrogens with two attached hydrogens (primary N) is 1. The Morgan fingerprint density at radius 3 is 3.07 bits per heavy atom. The van der Waals surface area contributed by atoms with Crippen LogP contribution in [-0.2, 0) is 11.3 Å². The van der Waals surface area contributed by atoms with Gasteiger partial charge < -0.3 is 15.8 Å². The normalized spacial score (nSPS) is 22.4. The molecule has 142 valence electrons. The van der Waals surface area contributed by atoms with Gasteiger partial charge in [0.2, 0.25) is 0 Å². The van der Waals surface area contributed by atoms with Gasteiger partial charge in [0.1, 0.15) is 5.15 Å². The summed E-state index contributed by atoms with van der Waals surface area (Å²) in [5.41, 5.74) is 8.38. The van der Waals surface area contributed by atoms with Crippen molar-refractivity contribution in [1.29, 1.82) is 0 Å². The summed E-state index contributed by atoms with van der Waals surface area (Å²) in [6.45, 7) is 0.759. The zero-order valence-corrected chi connectivity index (χ0v) is 18.6. The number of nitrogens with zero attached hydrogens (tertiary/aromatic N) is 1. The van der Waals surface area contributed by atoms with Gasteiger partial charge in [0.05, 0.1) is 26.5 Å². The maximum atomic E-state index is 6.50. The van der Waals surface area contributed by atoms with Crippen molar-refractivity contribution < 1.29 is 4.74 Å². The van der Waals surface area contributed by atoms with E-state index < -0.39 is 0 Å². The van der Waals surface area contributed by atoms with Crippen molar-refractivity contribution in [3.8, 4) is 0 Å². The topological polar surface area (TPSA) is 60.2 Å². The van der Waals surface area contributed by atoms with Crippen molar-refractivity contribution >= 4 is 66.1 Å². The summed E-state index contributed by atoms with van der Waals surface area (Å²) in [5, 5.41) is 6.07. The number of allylic oxidation sites excluding steroid dienone is 1. The molecule has 27 heavy (non-hydrogen) atoms. The molecule has 8 heteroatoms. The molecular weight excluding hydrogens is 466 g/mol. The first-order valence-electron chi connectivity index (χ1n) is 8.58. The standard InChI is InChI=1S/C19H19BrClN3OS2/c1-25-13-6-2-5-11(16(13)22)18-15(20)17-19(27-18)12(8-14(21)24-17)23-9-10-4-3-7-26-10/h2-4,6-8,11,13,16H,5,9,22H2,1H3,(H,23,24)/t11-,13+,16+/m0/s1. The quantitative estimate of drug-likeness (QED) is 0.356. The fourth-order valence-electron chi connectivity index (χ4n) is 3.38. The molecule has 0 aromatic carbocycles. The first-order valence-corrected chi connectivity index (χ1v) is 11.4. The van der Waals surface area contributed by atoms with Gasteiger partial charge in [-0.1, -0.05) is 29.8 Å². The summed E-state index contributed by atoms with van der Waals surface area (Å²) in [4.78, 5) is 7.03. The van der Waals surface area contributed by atoms with E-state index in [9.17, 15) is 0 Å². The van der Waals surface area contributed by atoms with Gasteiger partial charge in [-0.25, -0.2) is 4.98 Å². The Bertz CT molecular complexity index is 973. The van der Waals surface area contributed by atoms with Gasteiger partial charge in [-0.3, -0.25) is 0 Å². The lowest BCUT2D eigenvalue weighted by atomic mass is 9.86. The molecule has 4 nitrogen and oxygen atoms in total. The third kappa shape index (κ3) is 3.81. The van der Waals surface area contributed by atoms with Crippen LogP contribution in [0.15, 0.2) is 40.2 Å². The maximum absolute atomic E-state index is 6.50. The summed E-state index contributed by atoms with van der Waals surface area (Å²) < 4.78 is 7.59. The summed E-state index contributed by atoms with van der Waals surface area (Å²) in [6.07, 6.45) is 5.01. The van der Waals surface area contributed by atoms with Crippen LogP contribution in [0.5, 0.6) is 0 Å². The van der Waals surface area contributed by atoms with Crippen LogP contribution in [0.25, 0.3) is 10.2 Å². The molecule has 3 atom stereocenters. The van der Waals surface area contributed by atoms with Gasteiger partial charge in [0.15, 0.2) is 0 Å². The van der Waals surface area contributed by atoms with Crippen LogP contribution in [0.2, 0.25) is 5.15 Å². The Balaban J connectivity index is 1.72. The van der Waals surface area contributed by atoms with Crippen molar-refractivity contribution in [3.63, 3.8) is 0 Å². The van der Waals surface area contributed by atoms with Gasteiger partial charge >= 0.3 is 0 Å². The van der Waals surface area contributed by atoms with Crippen molar-refractivity contribution in [2.24, 2.45) is 5.73 Å². The van der Waals surface area contributed by atoms with E-state index in [0.29, 0.717) is 5.15 Å². The number of halogens is 2. The zero-order valence-electron chi connectivity index (χ0n) is 14.6. The van der Waals surface area contributed by atoms with Crippen molar-refractivity contribution in [1.82, 2.24) is 4.98 Å². The van der Waals surface area contributed by atoms with E-state index in [0.717, 1.165) is 33.3 Å². The number of anilines is 1. The first-order chi connectivity index (χ1) is 13.1. The average molecular weight is 485 g/mol. The number of hydrogen-bond acceptors (Lipinski definition) is 6. The molecule has 0 unspecified atom stereocenters. The maximum Gasteiger partial charge on any atom is 0.131 e. The minimum absolute atomic E-state index is 0.0752. The van der Waals surface area contributed by atoms with E-state index in [1.165, 1.54) is 9.75 Å². The lowest BCUT2D eigenvalue weighted by Crippen LogP contribution is -2.41. The van der Waals surface area contributed by atoms with E-state index in [1.807, 2.05) is 12.1 Å². The number of pyridine rings is 1.